The average Bonchev–Trinajstić information content (AvgIpc) is 3.42. The molecule has 0 heterocycles. The van der Waals surface area contributed by atoms with Crippen molar-refractivity contribution in [3.05, 3.63) is 48.5 Å². The molecule has 3 atom stereocenters. The van der Waals surface area contributed by atoms with Crippen LogP contribution in [0.2, 0.25) is 0 Å². The summed E-state index contributed by atoms with van der Waals surface area (Å²) < 4.78 is 33.8. The summed E-state index contributed by atoms with van der Waals surface area (Å²) in [6, 6.07) is 13.7. The Morgan fingerprint density at radius 1 is 1.09 bits per heavy atom. The number of amides is 1. The van der Waals surface area contributed by atoms with Crippen LogP contribution in [0.15, 0.2) is 58.3 Å². The molecule has 0 aromatic heterocycles. The fourth-order valence-corrected chi connectivity index (χ4v) is 6.70. The van der Waals surface area contributed by atoms with E-state index in [-0.39, 0.29) is 23.4 Å². The minimum absolute atomic E-state index is 0.159. The fraction of sp³-hybridized carbons (Fsp3) is 0.458. The highest BCUT2D eigenvalue weighted by atomic mass is 32.2. The van der Waals surface area contributed by atoms with E-state index in [1.807, 2.05) is 13.2 Å². The summed E-state index contributed by atoms with van der Waals surface area (Å²) in [5, 5.41) is 3.11. The molecule has 6 nitrogen and oxygen atoms in total. The number of anilines is 1. The lowest BCUT2D eigenvalue weighted by Crippen LogP contribution is -2.45. The number of hydrogen-bond donors (Lipinski definition) is 1. The Bertz CT molecular complexity index is 1040. The van der Waals surface area contributed by atoms with Crippen LogP contribution in [0.25, 0.3) is 0 Å². The normalized spacial score (nSPS) is 22.0. The number of carbonyl (C=O) groups excluding carboxylic acids is 1. The topological polar surface area (TPSA) is 75.7 Å². The van der Waals surface area contributed by atoms with Crippen LogP contribution in [-0.4, -0.2) is 39.8 Å². The summed E-state index contributed by atoms with van der Waals surface area (Å²) in [6.07, 6.45) is 6.51. The van der Waals surface area contributed by atoms with Crippen molar-refractivity contribution in [1.82, 2.24) is 5.32 Å². The Labute approximate surface area is 194 Å². The van der Waals surface area contributed by atoms with Crippen LogP contribution in [0.3, 0.4) is 0 Å². The summed E-state index contributed by atoms with van der Waals surface area (Å²) in [5.74, 6) is 1.62. The molecule has 172 valence electrons. The van der Waals surface area contributed by atoms with Crippen LogP contribution >= 0.6 is 11.8 Å². The third-order valence-electron chi connectivity index (χ3n) is 6.45. The number of ether oxygens (including phenoxy) is 1. The average molecular weight is 475 g/mol. The second-order valence-corrected chi connectivity index (χ2v) is 11.2. The van der Waals surface area contributed by atoms with Crippen LogP contribution < -0.4 is 14.4 Å². The van der Waals surface area contributed by atoms with E-state index in [4.69, 9.17) is 4.74 Å². The summed E-state index contributed by atoms with van der Waals surface area (Å²) in [6.45, 7) is 2.16. The molecular weight excluding hydrogens is 444 g/mol. The molecule has 0 aliphatic heterocycles. The quantitative estimate of drug-likeness (QED) is 0.548. The molecule has 1 amide bonds. The molecule has 2 aliphatic rings. The number of hydrogen-bond acceptors (Lipinski definition) is 5. The van der Waals surface area contributed by atoms with E-state index in [1.54, 1.807) is 60.3 Å². The first-order chi connectivity index (χ1) is 15.4. The maximum atomic E-state index is 13.6. The molecule has 4 rings (SSSR count). The van der Waals surface area contributed by atoms with E-state index in [1.165, 1.54) is 17.1 Å². The van der Waals surface area contributed by atoms with Gasteiger partial charge in [-0.05, 0) is 92.8 Å². The van der Waals surface area contributed by atoms with E-state index in [0.717, 1.165) is 17.7 Å². The first kappa shape index (κ1) is 23.0. The fourth-order valence-electron chi connectivity index (χ4n) is 4.87. The van der Waals surface area contributed by atoms with Crippen molar-refractivity contribution in [2.75, 3.05) is 23.7 Å². The molecule has 0 saturated heterocycles. The van der Waals surface area contributed by atoms with Gasteiger partial charge in [0.25, 0.3) is 10.0 Å². The molecule has 2 bridgehead atoms. The Kier molecular flexibility index (Phi) is 7.00. The molecule has 2 fully saturated rings. The van der Waals surface area contributed by atoms with Gasteiger partial charge in [-0.25, -0.2) is 8.42 Å². The predicted molar refractivity (Wildman–Crippen MR) is 128 cm³/mol. The van der Waals surface area contributed by atoms with Gasteiger partial charge in [-0.1, -0.05) is 6.42 Å². The lowest BCUT2D eigenvalue weighted by Gasteiger charge is -2.27. The third kappa shape index (κ3) is 4.91. The molecule has 2 aromatic carbocycles. The Hall–Kier alpha value is -2.19. The molecule has 0 radical (unpaired) electrons. The number of nitrogens with zero attached hydrogens (tertiary/aromatic N) is 1. The van der Waals surface area contributed by atoms with Crippen LogP contribution in [-0.2, 0) is 14.8 Å². The molecule has 8 heteroatoms. The van der Waals surface area contributed by atoms with Crippen molar-refractivity contribution < 1.29 is 17.9 Å². The maximum Gasteiger partial charge on any atom is 0.264 e. The van der Waals surface area contributed by atoms with Gasteiger partial charge in [0.05, 0.1) is 17.2 Å². The van der Waals surface area contributed by atoms with Gasteiger partial charge in [-0.3, -0.25) is 9.10 Å². The summed E-state index contributed by atoms with van der Waals surface area (Å²) in [5.41, 5.74) is 0.436. The molecule has 2 aromatic rings. The molecule has 1 unspecified atom stereocenters. The van der Waals surface area contributed by atoms with Crippen LogP contribution in [0, 0.1) is 11.8 Å². The molecule has 1 N–H and O–H groups in total. The Morgan fingerprint density at radius 3 is 2.38 bits per heavy atom. The number of carbonyl (C=O) groups is 1. The number of thioether (sulfide) groups is 1. The zero-order chi connectivity index (χ0) is 22.7. The van der Waals surface area contributed by atoms with E-state index in [0.29, 0.717) is 29.9 Å². The first-order valence-electron chi connectivity index (χ1n) is 11.1. The standard InChI is InChI=1S/C24H30N2O4S2/c1-3-30-20-8-6-19(7-9-20)26(32(28,29)22-12-10-21(31-2)11-13-22)16-24(27)25-23-15-17-4-5-18(23)14-17/h6-13,17-18,23H,3-5,14-16H2,1-2H3,(H,25,27)/t17-,18+,23?/m1/s1. The molecule has 2 saturated carbocycles. The monoisotopic (exact) mass is 474 g/mol. The smallest absolute Gasteiger partial charge is 0.264 e. The molecule has 2 aliphatic carbocycles. The number of fused-ring (bicyclic) bond motifs is 2. The highest BCUT2D eigenvalue weighted by Crippen LogP contribution is 2.44. The van der Waals surface area contributed by atoms with Gasteiger partial charge >= 0.3 is 0 Å². The highest BCUT2D eigenvalue weighted by molar-refractivity contribution is 7.98. The summed E-state index contributed by atoms with van der Waals surface area (Å²) in [4.78, 5) is 14.1. The van der Waals surface area contributed by atoms with Crippen LogP contribution in [0.1, 0.15) is 32.6 Å². The zero-order valence-electron chi connectivity index (χ0n) is 18.5. The van der Waals surface area contributed by atoms with E-state index >= 15 is 0 Å². The SMILES string of the molecule is CCOc1ccc(N(CC(=O)NC2C[C@@H]3CC[C@H]2C3)S(=O)(=O)c2ccc(SC)cc2)cc1. The van der Waals surface area contributed by atoms with Gasteiger partial charge < -0.3 is 10.1 Å². The van der Waals surface area contributed by atoms with Gasteiger partial charge in [0.1, 0.15) is 12.3 Å². The van der Waals surface area contributed by atoms with Gasteiger partial charge in [0.2, 0.25) is 5.91 Å². The number of sulfonamides is 1. The minimum atomic E-state index is -3.92. The predicted octanol–water partition coefficient (Wildman–Crippen LogP) is 4.31. The van der Waals surface area contributed by atoms with Crippen molar-refractivity contribution in [3.8, 4) is 5.75 Å². The van der Waals surface area contributed by atoms with Gasteiger partial charge in [0.15, 0.2) is 0 Å². The van der Waals surface area contributed by atoms with Crippen LogP contribution in [0.5, 0.6) is 5.75 Å². The largest absolute Gasteiger partial charge is 0.494 e. The second kappa shape index (κ2) is 9.75. The van der Waals surface area contributed by atoms with Crippen molar-refractivity contribution >= 4 is 33.4 Å². The molecule has 0 spiro atoms. The molecular formula is C24H30N2O4S2. The zero-order valence-corrected chi connectivity index (χ0v) is 20.1. The van der Waals surface area contributed by atoms with Crippen molar-refractivity contribution in [2.45, 2.75) is 48.4 Å². The second-order valence-electron chi connectivity index (χ2n) is 8.46. The van der Waals surface area contributed by atoms with Crippen molar-refractivity contribution in [1.29, 1.82) is 0 Å². The Morgan fingerprint density at radius 2 is 1.81 bits per heavy atom. The van der Waals surface area contributed by atoms with Gasteiger partial charge in [-0.2, -0.15) is 0 Å². The lowest BCUT2D eigenvalue weighted by atomic mass is 9.95. The van der Waals surface area contributed by atoms with E-state index in [9.17, 15) is 13.2 Å². The van der Waals surface area contributed by atoms with E-state index in [2.05, 4.69) is 5.32 Å². The number of nitrogens with one attached hydrogen (secondary N) is 1. The van der Waals surface area contributed by atoms with Gasteiger partial charge in [0, 0.05) is 10.9 Å². The summed E-state index contributed by atoms with van der Waals surface area (Å²) >= 11 is 1.55. The maximum absolute atomic E-state index is 13.6. The lowest BCUT2D eigenvalue weighted by molar-refractivity contribution is -0.120. The highest BCUT2D eigenvalue weighted by Gasteiger charge is 2.40. The molecule has 32 heavy (non-hydrogen) atoms. The summed E-state index contributed by atoms with van der Waals surface area (Å²) in [7, 11) is -3.92. The minimum Gasteiger partial charge on any atom is -0.494 e. The Balaban J connectivity index is 1.58. The third-order valence-corrected chi connectivity index (χ3v) is 8.99. The van der Waals surface area contributed by atoms with E-state index < -0.39 is 10.0 Å². The van der Waals surface area contributed by atoms with Gasteiger partial charge in [-0.15, -0.1) is 11.8 Å². The van der Waals surface area contributed by atoms with Crippen molar-refractivity contribution in [3.63, 3.8) is 0 Å². The number of rotatable bonds is 9. The number of benzene rings is 2. The van der Waals surface area contributed by atoms with Crippen LogP contribution in [0.4, 0.5) is 5.69 Å². The first-order valence-corrected chi connectivity index (χ1v) is 13.8. The van der Waals surface area contributed by atoms with Crippen molar-refractivity contribution in [2.24, 2.45) is 11.8 Å².